The lowest BCUT2D eigenvalue weighted by Crippen LogP contribution is -2.38. The van der Waals surface area contributed by atoms with Crippen molar-refractivity contribution in [3.05, 3.63) is 65.3 Å². The van der Waals surface area contributed by atoms with Gasteiger partial charge in [0.2, 0.25) is 0 Å². The molecule has 1 aliphatic rings. The van der Waals surface area contributed by atoms with Crippen LogP contribution in [0, 0.1) is 18.3 Å². The fourth-order valence-electron chi connectivity index (χ4n) is 3.65. The van der Waals surface area contributed by atoms with Crippen LogP contribution in [0.3, 0.4) is 0 Å². The summed E-state index contributed by atoms with van der Waals surface area (Å²) < 4.78 is 42.0. The van der Waals surface area contributed by atoms with Crippen LogP contribution in [0.5, 0.6) is 0 Å². The van der Waals surface area contributed by atoms with Crippen LogP contribution < -0.4 is 4.31 Å². The molecule has 10 heteroatoms. The third-order valence-electron chi connectivity index (χ3n) is 5.20. The number of benzene rings is 2. The van der Waals surface area contributed by atoms with Crippen molar-refractivity contribution >= 4 is 48.1 Å². The van der Waals surface area contributed by atoms with Crippen LogP contribution in [0.15, 0.2) is 64.5 Å². The highest BCUT2D eigenvalue weighted by Crippen LogP contribution is 2.36. The lowest BCUT2D eigenvalue weighted by atomic mass is 10.1. The second kappa shape index (κ2) is 7.78. The SMILES string of the molecule is Cc1nc2ccc(S(=O)(=O)N3CCS(=O)c4ccc(-c5ccc(C#N)cn5)cc43)cc2s1. The van der Waals surface area contributed by atoms with Gasteiger partial charge in [-0.05, 0) is 49.4 Å². The molecule has 0 aliphatic carbocycles. The number of hydrogen-bond donors (Lipinski definition) is 0. The maximum atomic E-state index is 13.6. The highest BCUT2D eigenvalue weighted by Gasteiger charge is 2.32. The molecule has 2 aromatic carbocycles. The minimum absolute atomic E-state index is 0.117. The van der Waals surface area contributed by atoms with E-state index in [-0.39, 0.29) is 17.2 Å². The van der Waals surface area contributed by atoms with E-state index in [2.05, 4.69) is 9.97 Å². The van der Waals surface area contributed by atoms with Gasteiger partial charge >= 0.3 is 0 Å². The molecule has 32 heavy (non-hydrogen) atoms. The van der Waals surface area contributed by atoms with Crippen molar-refractivity contribution in [2.45, 2.75) is 16.7 Å². The van der Waals surface area contributed by atoms with Crippen molar-refractivity contribution in [3.8, 4) is 17.3 Å². The average Bonchev–Trinajstić information content (AvgIpc) is 3.18. The van der Waals surface area contributed by atoms with Crippen LogP contribution >= 0.6 is 11.3 Å². The molecule has 0 radical (unpaired) electrons. The first kappa shape index (κ1) is 20.8. The van der Waals surface area contributed by atoms with Gasteiger partial charge in [-0.3, -0.25) is 13.5 Å². The summed E-state index contributed by atoms with van der Waals surface area (Å²) in [5.74, 6) is 0.225. The van der Waals surface area contributed by atoms with Gasteiger partial charge in [-0.2, -0.15) is 5.26 Å². The van der Waals surface area contributed by atoms with Crippen LogP contribution in [0.4, 0.5) is 5.69 Å². The summed E-state index contributed by atoms with van der Waals surface area (Å²) in [6, 6.07) is 15.5. The van der Waals surface area contributed by atoms with E-state index in [4.69, 9.17) is 5.26 Å². The molecule has 1 aliphatic heterocycles. The van der Waals surface area contributed by atoms with E-state index >= 15 is 0 Å². The monoisotopic (exact) mass is 480 g/mol. The highest BCUT2D eigenvalue weighted by atomic mass is 32.2. The molecule has 0 bridgehead atoms. The first-order valence-corrected chi connectivity index (χ1v) is 13.2. The van der Waals surface area contributed by atoms with Crippen molar-refractivity contribution in [1.29, 1.82) is 5.26 Å². The van der Waals surface area contributed by atoms with E-state index in [1.807, 2.05) is 13.0 Å². The number of fused-ring (bicyclic) bond motifs is 2. The number of anilines is 1. The molecule has 3 heterocycles. The van der Waals surface area contributed by atoms with E-state index in [1.165, 1.54) is 21.8 Å². The number of hydrogen-bond acceptors (Lipinski definition) is 7. The van der Waals surface area contributed by atoms with Gasteiger partial charge in [-0.1, -0.05) is 6.07 Å². The number of aryl methyl sites for hydroxylation is 1. The van der Waals surface area contributed by atoms with Crippen LogP contribution in [-0.4, -0.2) is 34.9 Å². The standard InChI is InChI=1S/C22H16N4O3S3/c1-14-25-19-6-4-17(11-21(19)30-14)32(28,29)26-8-9-31(27)22-7-3-16(10-20(22)26)18-5-2-15(12-23)13-24-18/h2-7,10-11,13H,8-9H2,1H3. The number of nitriles is 1. The third-order valence-corrected chi connectivity index (χ3v) is 9.33. The molecule has 7 nitrogen and oxygen atoms in total. The largest absolute Gasteiger partial charge is 0.264 e. The number of aromatic nitrogens is 2. The normalized spacial score (nSPS) is 16.0. The molecule has 160 valence electrons. The van der Waals surface area contributed by atoms with Crippen LogP contribution in [0.2, 0.25) is 0 Å². The third kappa shape index (κ3) is 3.48. The summed E-state index contributed by atoms with van der Waals surface area (Å²) in [5.41, 5.74) is 2.87. The van der Waals surface area contributed by atoms with Crippen molar-refractivity contribution in [1.82, 2.24) is 9.97 Å². The fourth-order valence-corrected chi connectivity index (χ4v) is 7.46. The number of rotatable bonds is 3. The second-order valence-electron chi connectivity index (χ2n) is 7.22. The van der Waals surface area contributed by atoms with Gasteiger partial charge in [-0.15, -0.1) is 11.3 Å². The lowest BCUT2D eigenvalue weighted by Gasteiger charge is -2.30. The second-order valence-corrected chi connectivity index (χ2v) is 11.9. The van der Waals surface area contributed by atoms with E-state index in [9.17, 15) is 12.6 Å². The Morgan fingerprint density at radius 2 is 2.00 bits per heavy atom. The van der Waals surface area contributed by atoms with Crippen molar-refractivity contribution in [2.75, 3.05) is 16.6 Å². The highest BCUT2D eigenvalue weighted by molar-refractivity contribution is 7.93. The summed E-state index contributed by atoms with van der Waals surface area (Å²) in [6.45, 7) is 2.00. The van der Waals surface area contributed by atoms with Gasteiger partial charge in [0, 0.05) is 24.1 Å². The number of thiazole rings is 1. The summed E-state index contributed by atoms with van der Waals surface area (Å²) in [7, 11) is -5.17. The smallest absolute Gasteiger partial charge is 0.264 e. The van der Waals surface area contributed by atoms with Gasteiger partial charge in [0.15, 0.2) is 0 Å². The van der Waals surface area contributed by atoms with Crippen LogP contribution in [0.1, 0.15) is 10.6 Å². The van der Waals surface area contributed by atoms with Gasteiger partial charge in [0.1, 0.15) is 6.07 Å². The van der Waals surface area contributed by atoms with E-state index in [0.717, 1.165) is 15.2 Å². The minimum atomic E-state index is -3.88. The first-order chi connectivity index (χ1) is 15.4. The van der Waals surface area contributed by atoms with E-state index in [0.29, 0.717) is 27.4 Å². The minimum Gasteiger partial charge on any atom is -0.264 e. The Bertz CT molecular complexity index is 1540. The topological polar surface area (TPSA) is 104 Å². The maximum Gasteiger partial charge on any atom is 0.264 e. The predicted octanol–water partition coefficient (Wildman–Crippen LogP) is 3.85. The maximum absolute atomic E-state index is 13.6. The summed E-state index contributed by atoms with van der Waals surface area (Å²) in [6.07, 6.45) is 1.47. The number of sulfonamides is 1. The van der Waals surface area contributed by atoms with Crippen LogP contribution in [-0.2, 0) is 20.8 Å². The Kier molecular flexibility index (Phi) is 5.04. The molecule has 4 aromatic rings. The van der Waals surface area contributed by atoms with E-state index < -0.39 is 20.8 Å². The van der Waals surface area contributed by atoms with Crippen LogP contribution in [0.25, 0.3) is 21.5 Å². The number of pyridine rings is 1. The van der Waals surface area contributed by atoms with Crippen molar-refractivity contribution in [3.63, 3.8) is 0 Å². The van der Waals surface area contributed by atoms with Gasteiger partial charge in [-0.25, -0.2) is 13.4 Å². The molecule has 0 spiro atoms. The molecule has 1 atom stereocenters. The van der Waals surface area contributed by atoms with Crippen molar-refractivity contribution < 1.29 is 12.6 Å². The molecular weight excluding hydrogens is 464 g/mol. The average molecular weight is 481 g/mol. The Labute approximate surface area is 191 Å². The molecule has 1 unspecified atom stereocenters. The fraction of sp³-hybridized carbons (Fsp3) is 0.136. The Morgan fingerprint density at radius 3 is 2.75 bits per heavy atom. The molecular formula is C22H16N4O3S3. The zero-order valence-corrected chi connectivity index (χ0v) is 19.3. The van der Waals surface area contributed by atoms with Gasteiger partial charge in [0.25, 0.3) is 10.0 Å². The quantitative estimate of drug-likeness (QED) is 0.441. The first-order valence-electron chi connectivity index (χ1n) is 9.66. The molecule has 0 fully saturated rings. The number of nitrogens with zero attached hydrogens (tertiary/aromatic N) is 4. The zero-order valence-electron chi connectivity index (χ0n) is 16.8. The summed E-state index contributed by atoms with van der Waals surface area (Å²) >= 11 is 1.44. The molecule has 0 N–H and O–H groups in total. The predicted molar refractivity (Wildman–Crippen MR) is 125 cm³/mol. The Morgan fingerprint density at radius 1 is 1.16 bits per heavy atom. The Hall–Kier alpha value is -3.13. The Balaban J connectivity index is 1.61. The molecule has 5 rings (SSSR count). The molecule has 0 saturated heterocycles. The molecule has 0 amide bonds. The van der Waals surface area contributed by atoms with Gasteiger partial charge in [0.05, 0.1) is 52.8 Å². The summed E-state index contributed by atoms with van der Waals surface area (Å²) in [4.78, 5) is 9.35. The van der Waals surface area contributed by atoms with Gasteiger partial charge < -0.3 is 0 Å². The van der Waals surface area contributed by atoms with Crippen molar-refractivity contribution in [2.24, 2.45) is 0 Å². The molecule has 2 aromatic heterocycles. The lowest BCUT2D eigenvalue weighted by molar-refractivity contribution is 0.591. The molecule has 0 saturated carbocycles. The summed E-state index contributed by atoms with van der Waals surface area (Å²) in [5, 5.41) is 9.85. The van der Waals surface area contributed by atoms with E-state index in [1.54, 1.807) is 48.5 Å². The zero-order chi connectivity index (χ0) is 22.5.